The second-order valence-electron chi connectivity index (χ2n) is 5.47. The molecule has 2 unspecified atom stereocenters. The average molecular weight is 265 g/mol. The van der Waals surface area contributed by atoms with Gasteiger partial charge >= 0.3 is 5.97 Å². The summed E-state index contributed by atoms with van der Waals surface area (Å²) < 4.78 is 5.58. The number of carboxylic acid groups (broad SMARTS) is 1. The van der Waals surface area contributed by atoms with E-state index in [-0.39, 0.29) is 18.6 Å². The summed E-state index contributed by atoms with van der Waals surface area (Å²) in [5.41, 5.74) is 6.31. The molecule has 4 nitrogen and oxygen atoms in total. The standard InChI is InChI=1S/C15H23NO3/c1-10(2)19-13-7-5-12(6-8-13)15(4,11(3)16)9-14(17)18/h5-8,10-11H,9,16H2,1-4H3,(H,17,18). The van der Waals surface area contributed by atoms with Crippen LogP contribution in [0.4, 0.5) is 0 Å². The van der Waals surface area contributed by atoms with Gasteiger partial charge in [0.25, 0.3) is 0 Å². The first-order valence-electron chi connectivity index (χ1n) is 6.50. The molecule has 0 spiro atoms. The van der Waals surface area contributed by atoms with Crippen molar-refractivity contribution < 1.29 is 14.6 Å². The summed E-state index contributed by atoms with van der Waals surface area (Å²) in [4.78, 5) is 11.0. The fourth-order valence-electron chi connectivity index (χ4n) is 2.03. The fraction of sp³-hybridized carbons (Fsp3) is 0.533. The SMILES string of the molecule is CC(C)Oc1ccc(C(C)(CC(=O)O)C(C)N)cc1. The van der Waals surface area contributed by atoms with Crippen molar-refractivity contribution in [2.45, 2.75) is 51.7 Å². The normalized spacial score (nSPS) is 15.9. The third-order valence-electron chi connectivity index (χ3n) is 3.41. The molecule has 0 aromatic heterocycles. The summed E-state index contributed by atoms with van der Waals surface area (Å²) in [6, 6.07) is 7.25. The van der Waals surface area contributed by atoms with Gasteiger partial charge in [0.2, 0.25) is 0 Å². The number of benzene rings is 1. The summed E-state index contributed by atoms with van der Waals surface area (Å²) in [7, 11) is 0. The van der Waals surface area contributed by atoms with Crippen LogP contribution in [0.5, 0.6) is 5.75 Å². The Morgan fingerprint density at radius 3 is 2.21 bits per heavy atom. The second-order valence-corrected chi connectivity index (χ2v) is 5.47. The lowest BCUT2D eigenvalue weighted by atomic mass is 9.74. The lowest BCUT2D eigenvalue weighted by Crippen LogP contribution is -2.42. The van der Waals surface area contributed by atoms with Crippen LogP contribution >= 0.6 is 0 Å². The van der Waals surface area contributed by atoms with Crippen molar-refractivity contribution in [3.05, 3.63) is 29.8 Å². The molecule has 0 saturated heterocycles. The molecule has 0 heterocycles. The predicted molar refractivity (Wildman–Crippen MR) is 75.5 cm³/mol. The van der Waals surface area contributed by atoms with Crippen molar-refractivity contribution in [2.75, 3.05) is 0 Å². The zero-order valence-corrected chi connectivity index (χ0v) is 12.0. The van der Waals surface area contributed by atoms with Crippen molar-refractivity contribution >= 4 is 5.97 Å². The van der Waals surface area contributed by atoms with E-state index in [2.05, 4.69) is 0 Å². The molecule has 3 N–H and O–H groups in total. The van der Waals surface area contributed by atoms with E-state index in [4.69, 9.17) is 15.6 Å². The van der Waals surface area contributed by atoms with E-state index in [1.165, 1.54) is 0 Å². The Bertz CT molecular complexity index is 426. The lowest BCUT2D eigenvalue weighted by Gasteiger charge is -2.32. The molecule has 0 aliphatic rings. The molecule has 0 aliphatic heterocycles. The first-order valence-corrected chi connectivity index (χ1v) is 6.50. The van der Waals surface area contributed by atoms with E-state index in [1.54, 1.807) is 0 Å². The summed E-state index contributed by atoms with van der Waals surface area (Å²) >= 11 is 0. The zero-order chi connectivity index (χ0) is 14.6. The highest BCUT2D eigenvalue weighted by molar-refractivity contribution is 5.69. The minimum atomic E-state index is -0.845. The Balaban J connectivity index is 3.01. The largest absolute Gasteiger partial charge is 0.491 e. The first kappa shape index (κ1) is 15.5. The van der Waals surface area contributed by atoms with Crippen LogP contribution in [0.2, 0.25) is 0 Å². The Morgan fingerprint density at radius 2 is 1.84 bits per heavy atom. The average Bonchev–Trinajstić information content (AvgIpc) is 2.27. The Kier molecular flexibility index (Phi) is 4.95. The maximum absolute atomic E-state index is 11.0. The predicted octanol–water partition coefficient (Wildman–Crippen LogP) is 2.55. The third-order valence-corrected chi connectivity index (χ3v) is 3.41. The van der Waals surface area contributed by atoms with E-state index >= 15 is 0 Å². The summed E-state index contributed by atoms with van der Waals surface area (Å²) in [5, 5.41) is 9.05. The Hall–Kier alpha value is -1.55. The molecule has 0 fully saturated rings. The van der Waals surface area contributed by atoms with Gasteiger partial charge in [0.05, 0.1) is 12.5 Å². The molecule has 1 aromatic carbocycles. The number of ether oxygens (including phenoxy) is 1. The number of rotatable bonds is 6. The summed E-state index contributed by atoms with van der Waals surface area (Å²) in [6.45, 7) is 7.64. The van der Waals surface area contributed by atoms with Gasteiger partial charge in [-0.15, -0.1) is 0 Å². The monoisotopic (exact) mass is 265 g/mol. The first-order chi connectivity index (χ1) is 8.75. The number of carbonyl (C=O) groups is 1. The van der Waals surface area contributed by atoms with Gasteiger partial charge < -0.3 is 15.6 Å². The van der Waals surface area contributed by atoms with Crippen LogP contribution in [0, 0.1) is 0 Å². The van der Waals surface area contributed by atoms with E-state index in [0.29, 0.717) is 0 Å². The van der Waals surface area contributed by atoms with Crippen molar-refractivity contribution in [1.82, 2.24) is 0 Å². The van der Waals surface area contributed by atoms with Gasteiger partial charge in [0, 0.05) is 11.5 Å². The minimum Gasteiger partial charge on any atom is -0.491 e. The molecule has 2 atom stereocenters. The quantitative estimate of drug-likeness (QED) is 0.829. The van der Waals surface area contributed by atoms with Crippen LogP contribution in [0.1, 0.15) is 39.7 Å². The number of hydrogen-bond donors (Lipinski definition) is 2. The highest BCUT2D eigenvalue weighted by Crippen LogP contribution is 2.31. The lowest BCUT2D eigenvalue weighted by molar-refractivity contribution is -0.138. The zero-order valence-electron chi connectivity index (χ0n) is 12.0. The molecule has 19 heavy (non-hydrogen) atoms. The van der Waals surface area contributed by atoms with Crippen molar-refractivity contribution in [1.29, 1.82) is 0 Å². The highest BCUT2D eigenvalue weighted by Gasteiger charge is 2.33. The number of aliphatic carboxylic acids is 1. The number of carboxylic acids is 1. The van der Waals surface area contributed by atoms with Gasteiger partial charge in [-0.05, 0) is 38.5 Å². The van der Waals surface area contributed by atoms with Gasteiger partial charge in [0.15, 0.2) is 0 Å². The molecule has 0 saturated carbocycles. The maximum Gasteiger partial charge on any atom is 0.304 e. The van der Waals surface area contributed by atoms with Gasteiger partial charge in [-0.3, -0.25) is 4.79 Å². The van der Waals surface area contributed by atoms with Crippen molar-refractivity contribution in [2.24, 2.45) is 5.73 Å². The maximum atomic E-state index is 11.0. The molecule has 0 bridgehead atoms. The van der Waals surface area contributed by atoms with Crippen molar-refractivity contribution in [3.63, 3.8) is 0 Å². The molecule has 0 aliphatic carbocycles. The van der Waals surface area contributed by atoms with Gasteiger partial charge in [0.1, 0.15) is 5.75 Å². The summed E-state index contributed by atoms with van der Waals surface area (Å²) in [6.07, 6.45) is 0.124. The molecule has 1 aromatic rings. The molecular formula is C15H23NO3. The minimum absolute atomic E-state index is 0.00898. The van der Waals surface area contributed by atoms with Crippen molar-refractivity contribution in [3.8, 4) is 5.75 Å². The van der Waals surface area contributed by atoms with Crippen LogP contribution in [-0.2, 0) is 10.2 Å². The molecular weight excluding hydrogens is 242 g/mol. The van der Waals surface area contributed by atoms with E-state index < -0.39 is 11.4 Å². The van der Waals surface area contributed by atoms with Crippen LogP contribution in [0.3, 0.4) is 0 Å². The molecule has 1 rings (SSSR count). The Labute approximate surface area is 114 Å². The third kappa shape index (κ3) is 3.96. The van der Waals surface area contributed by atoms with E-state index in [0.717, 1.165) is 11.3 Å². The second kappa shape index (κ2) is 6.06. The molecule has 0 amide bonds. The van der Waals surface area contributed by atoms with E-state index in [9.17, 15) is 4.79 Å². The van der Waals surface area contributed by atoms with Crippen LogP contribution in [0.25, 0.3) is 0 Å². The number of hydrogen-bond acceptors (Lipinski definition) is 3. The molecule has 106 valence electrons. The smallest absolute Gasteiger partial charge is 0.304 e. The molecule has 4 heteroatoms. The fourth-order valence-corrected chi connectivity index (χ4v) is 2.03. The van der Waals surface area contributed by atoms with Crippen LogP contribution < -0.4 is 10.5 Å². The van der Waals surface area contributed by atoms with Gasteiger partial charge in [-0.2, -0.15) is 0 Å². The summed E-state index contributed by atoms with van der Waals surface area (Å²) in [5.74, 6) is -0.0663. The van der Waals surface area contributed by atoms with Crippen LogP contribution in [-0.4, -0.2) is 23.2 Å². The van der Waals surface area contributed by atoms with Gasteiger partial charge in [-0.1, -0.05) is 19.1 Å². The topological polar surface area (TPSA) is 72.5 Å². The van der Waals surface area contributed by atoms with Gasteiger partial charge in [-0.25, -0.2) is 0 Å². The number of nitrogens with two attached hydrogens (primary N) is 1. The Morgan fingerprint density at radius 1 is 1.32 bits per heavy atom. The molecule has 0 radical (unpaired) electrons. The van der Waals surface area contributed by atoms with Crippen LogP contribution in [0.15, 0.2) is 24.3 Å². The highest BCUT2D eigenvalue weighted by atomic mass is 16.5. The van der Waals surface area contributed by atoms with E-state index in [1.807, 2.05) is 52.0 Å².